The van der Waals surface area contributed by atoms with Gasteiger partial charge < -0.3 is 10.6 Å². The number of piperidine rings is 1. The van der Waals surface area contributed by atoms with Crippen LogP contribution in [0.1, 0.15) is 28.6 Å². The molecule has 0 bridgehead atoms. The van der Waals surface area contributed by atoms with Gasteiger partial charge in [-0.1, -0.05) is 30.7 Å². The number of rotatable bonds is 3. The molecule has 0 spiro atoms. The Morgan fingerprint density at radius 1 is 1.38 bits per heavy atom. The van der Waals surface area contributed by atoms with E-state index in [4.69, 9.17) is 11.6 Å². The molecule has 24 heavy (non-hydrogen) atoms. The maximum Gasteiger partial charge on any atom is 0.261 e. The summed E-state index contributed by atoms with van der Waals surface area (Å²) in [7, 11) is 0. The van der Waals surface area contributed by atoms with Crippen LogP contribution in [0.5, 0.6) is 0 Å². The van der Waals surface area contributed by atoms with Gasteiger partial charge in [-0.05, 0) is 61.7 Å². The molecule has 3 nitrogen and oxygen atoms in total. The highest BCUT2D eigenvalue weighted by Crippen LogP contribution is 2.33. The summed E-state index contributed by atoms with van der Waals surface area (Å²) < 4.78 is 0. The third-order valence-corrected chi connectivity index (χ3v) is 5.85. The molecule has 1 amide bonds. The van der Waals surface area contributed by atoms with Crippen LogP contribution in [0.2, 0.25) is 5.02 Å². The van der Waals surface area contributed by atoms with E-state index in [-0.39, 0.29) is 24.4 Å². The summed E-state index contributed by atoms with van der Waals surface area (Å²) >= 11 is 7.61. The predicted octanol–water partition coefficient (Wildman–Crippen LogP) is 4.53. The smallest absolute Gasteiger partial charge is 0.261 e. The number of aryl methyl sites for hydroxylation is 1. The topological polar surface area (TPSA) is 41.1 Å². The fourth-order valence-corrected chi connectivity index (χ4v) is 4.24. The molecule has 6 heteroatoms. The van der Waals surface area contributed by atoms with Gasteiger partial charge in [0.05, 0.1) is 4.88 Å². The van der Waals surface area contributed by atoms with Gasteiger partial charge in [-0.3, -0.25) is 4.79 Å². The fourth-order valence-electron chi connectivity index (χ4n) is 2.98. The number of hydrogen-bond donors (Lipinski definition) is 2. The van der Waals surface area contributed by atoms with Gasteiger partial charge in [-0.2, -0.15) is 0 Å². The van der Waals surface area contributed by atoms with E-state index in [0.29, 0.717) is 10.9 Å². The molecule has 1 aromatic heterocycles. The van der Waals surface area contributed by atoms with E-state index in [1.54, 1.807) is 0 Å². The Morgan fingerprint density at radius 3 is 2.88 bits per heavy atom. The molecule has 2 aromatic rings. The number of nitrogens with one attached hydrogen (secondary N) is 2. The van der Waals surface area contributed by atoms with Crippen molar-refractivity contribution in [3.8, 4) is 10.4 Å². The van der Waals surface area contributed by atoms with Crippen molar-refractivity contribution in [2.45, 2.75) is 26.3 Å². The average molecular weight is 385 g/mol. The van der Waals surface area contributed by atoms with E-state index in [1.807, 2.05) is 37.3 Å². The van der Waals surface area contributed by atoms with Crippen molar-refractivity contribution in [2.75, 3.05) is 13.1 Å². The molecule has 1 aliphatic heterocycles. The highest BCUT2D eigenvalue weighted by atomic mass is 35.5. The molecule has 2 atom stereocenters. The Balaban J connectivity index is 0.00000208. The summed E-state index contributed by atoms with van der Waals surface area (Å²) in [5, 5.41) is 7.26. The van der Waals surface area contributed by atoms with Crippen LogP contribution in [-0.2, 0) is 0 Å². The molecule has 1 aliphatic rings. The number of thiophene rings is 1. The fraction of sp³-hybridized carbons (Fsp3) is 0.389. The molecular formula is C18H22Cl2N2OS. The second-order valence-electron chi connectivity index (χ2n) is 6.18. The van der Waals surface area contributed by atoms with Crippen molar-refractivity contribution in [2.24, 2.45) is 5.92 Å². The van der Waals surface area contributed by atoms with Crippen molar-refractivity contribution in [3.63, 3.8) is 0 Å². The van der Waals surface area contributed by atoms with Gasteiger partial charge in [-0.25, -0.2) is 0 Å². The molecule has 2 N–H and O–H groups in total. The molecule has 0 radical (unpaired) electrons. The number of benzene rings is 1. The molecule has 3 rings (SSSR count). The van der Waals surface area contributed by atoms with Crippen LogP contribution in [0, 0.1) is 12.8 Å². The van der Waals surface area contributed by atoms with E-state index in [9.17, 15) is 4.79 Å². The van der Waals surface area contributed by atoms with E-state index >= 15 is 0 Å². The summed E-state index contributed by atoms with van der Waals surface area (Å²) in [6, 6.07) is 9.99. The lowest BCUT2D eigenvalue weighted by Gasteiger charge is -2.30. The zero-order valence-electron chi connectivity index (χ0n) is 13.8. The van der Waals surface area contributed by atoms with Crippen molar-refractivity contribution in [1.82, 2.24) is 10.6 Å². The highest BCUT2D eigenvalue weighted by Gasteiger charge is 2.24. The minimum atomic E-state index is 0. The minimum absolute atomic E-state index is 0. The molecule has 1 saturated heterocycles. The lowest BCUT2D eigenvalue weighted by molar-refractivity contribution is 0.0918. The molecule has 2 heterocycles. The zero-order chi connectivity index (χ0) is 16.4. The molecule has 1 fully saturated rings. The minimum Gasteiger partial charge on any atom is -0.348 e. The van der Waals surface area contributed by atoms with Crippen molar-refractivity contribution < 1.29 is 4.79 Å². The van der Waals surface area contributed by atoms with Crippen molar-refractivity contribution in [1.29, 1.82) is 0 Å². The van der Waals surface area contributed by atoms with Gasteiger partial charge in [0.25, 0.3) is 5.91 Å². The molecule has 0 saturated carbocycles. The SMILES string of the molecule is Cc1cc(C(=O)NC2CCNCC2C)sc1-c1cccc(Cl)c1.Cl. The third kappa shape index (κ3) is 4.31. The Hall–Kier alpha value is -1.07. The van der Waals surface area contributed by atoms with Crippen molar-refractivity contribution >= 4 is 41.3 Å². The van der Waals surface area contributed by atoms with Crippen LogP contribution in [0.25, 0.3) is 10.4 Å². The Kier molecular flexibility index (Phi) is 6.70. The first-order valence-electron chi connectivity index (χ1n) is 7.92. The summed E-state index contributed by atoms with van der Waals surface area (Å²) in [6.45, 7) is 6.14. The molecular weight excluding hydrogens is 363 g/mol. The predicted molar refractivity (Wildman–Crippen MR) is 105 cm³/mol. The lowest BCUT2D eigenvalue weighted by Crippen LogP contribution is -2.48. The normalized spacial score (nSPS) is 20.3. The summed E-state index contributed by atoms with van der Waals surface area (Å²) in [5.41, 5.74) is 2.18. The number of carbonyl (C=O) groups is 1. The first kappa shape index (κ1) is 19.3. The number of halogens is 2. The largest absolute Gasteiger partial charge is 0.348 e. The van der Waals surface area contributed by atoms with E-state index in [1.165, 1.54) is 11.3 Å². The van der Waals surface area contributed by atoms with E-state index in [2.05, 4.69) is 17.6 Å². The molecule has 1 aromatic carbocycles. The Bertz CT molecular complexity index is 717. The number of carbonyl (C=O) groups excluding carboxylic acids is 1. The molecule has 2 unspecified atom stereocenters. The first-order chi connectivity index (χ1) is 11.0. The van der Waals surface area contributed by atoms with E-state index < -0.39 is 0 Å². The van der Waals surface area contributed by atoms with Gasteiger partial charge in [0.1, 0.15) is 0 Å². The third-order valence-electron chi connectivity index (χ3n) is 4.33. The van der Waals surface area contributed by atoms with Crippen LogP contribution in [0.4, 0.5) is 0 Å². The van der Waals surface area contributed by atoms with Gasteiger partial charge in [-0.15, -0.1) is 23.7 Å². The summed E-state index contributed by atoms with van der Waals surface area (Å²) in [6.07, 6.45) is 0.985. The van der Waals surface area contributed by atoms with Gasteiger partial charge in [0, 0.05) is 15.9 Å². The summed E-state index contributed by atoms with van der Waals surface area (Å²) in [4.78, 5) is 14.4. The Labute approximate surface area is 158 Å². The Morgan fingerprint density at radius 2 is 2.17 bits per heavy atom. The van der Waals surface area contributed by atoms with Crippen LogP contribution < -0.4 is 10.6 Å². The maximum absolute atomic E-state index is 12.6. The second kappa shape index (κ2) is 8.34. The maximum atomic E-state index is 12.6. The summed E-state index contributed by atoms with van der Waals surface area (Å²) in [5.74, 6) is 0.492. The highest BCUT2D eigenvalue weighted by molar-refractivity contribution is 7.17. The zero-order valence-corrected chi connectivity index (χ0v) is 16.2. The van der Waals surface area contributed by atoms with Crippen LogP contribution >= 0.6 is 35.3 Å². The van der Waals surface area contributed by atoms with Gasteiger partial charge in [0.15, 0.2) is 0 Å². The van der Waals surface area contributed by atoms with Crippen LogP contribution in [0.3, 0.4) is 0 Å². The molecule has 130 valence electrons. The van der Waals surface area contributed by atoms with E-state index in [0.717, 1.165) is 40.4 Å². The lowest BCUT2D eigenvalue weighted by atomic mass is 9.95. The number of amides is 1. The standard InChI is InChI=1S/C18H21ClN2OS.ClH/c1-11-8-16(18(22)21-15-6-7-20-10-12(15)2)23-17(11)13-4-3-5-14(19)9-13;/h3-5,8-9,12,15,20H,6-7,10H2,1-2H3,(H,21,22);1H. The van der Waals surface area contributed by atoms with Crippen LogP contribution in [0.15, 0.2) is 30.3 Å². The van der Waals surface area contributed by atoms with Gasteiger partial charge in [0.2, 0.25) is 0 Å². The first-order valence-corrected chi connectivity index (χ1v) is 9.12. The van der Waals surface area contributed by atoms with Gasteiger partial charge >= 0.3 is 0 Å². The average Bonchev–Trinajstić information content (AvgIpc) is 2.92. The second-order valence-corrected chi connectivity index (χ2v) is 7.67. The number of hydrogen-bond acceptors (Lipinski definition) is 3. The monoisotopic (exact) mass is 384 g/mol. The van der Waals surface area contributed by atoms with Crippen LogP contribution in [-0.4, -0.2) is 25.0 Å². The quantitative estimate of drug-likeness (QED) is 0.815. The molecule has 0 aliphatic carbocycles. The van der Waals surface area contributed by atoms with Crippen molar-refractivity contribution in [3.05, 3.63) is 45.8 Å².